The summed E-state index contributed by atoms with van der Waals surface area (Å²) in [6.07, 6.45) is 2.88. The van der Waals surface area contributed by atoms with Crippen molar-refractivity contribution in [2.24, 2.45) is 5.14 Å². The van der Waals surface area contributed by atoms with Gasteiger partial charge in [-0.05, 0) is 56.2 Å². The molecule has 9 heteroatoms. The van der Waals surface area contributed by atoms with Crippen LogP contribution in [-0.4, -0.2) is 24.6 Å². The fraction of sp³-hybridized carbons (Fsp3) is 0.316. The molecule has 0 aliphatic carbocycles. The Bertz CT molecular complexity index is 983. The van der Waals surface area contributed by atoms with E-state index in [1.165, 1.54) is 36.0 Å². The van der Waals surface area contributed by atoms with Gasteiger partial charge in [-0.1, -0.05) is 25.1 Å². The number of primary sulfonamides is 1. The largest absolute Gasteiger partial charge is 0.325 e. The maximum Gasteiger partial charge on any atom is 0.238 e. The SMILES string of the molecule is CCCCc1ccc(C#N)c(SC(C)C(=O)Nc2ccc(S(N)(=O)=O)cc2)n1. The van der Waals surface area contributed by atoms with Gasteiger partial charge in [0.15, 0.2) is 0 Å². The fourth-order valence-electron chi connectivity index (χ4n) is 2.34. The number of carbonyl (C=O) groups is 1. The van der Waals surface area contributed by atoms with Crippen LogP contribution < -0.4 is 10.5 Å². The summed E-state index contributed by atoms with van der Waals surface area (Å²) >= 11 is 1.22. The molecule has 1 unspecified atom stereocenters. The van der Waals surface area contributed by atoms with Gasteiger partial charge in [0.1, 0.15) is 11.1 Å². The van der Waals surface area contributed by atoms with E-state index in [1.807, 2.05) is 6.07 Å². The quantitative estimate of drug-likeness (QED) is 0.635. The van der Waals surface area contributed by atoms with Gasteiger partial charge in [0.05, 0.1) is 15.7 Å². The second kappa shape index (κ2) is 9.68. The average Bonchev–Trinajstić information content (AvgIpc) is 2.66. The number of aromatic nitrogens is 1. The fourth-order valence-corrected chi connectivity index (χ4v) is 3.77. The lowest BCUT2D eigenvalue weighted by atomic mass is 10.2. The molecule has 0 bridgehead atoms. The van der Waals surface area contributed by atoms with Crippen molar-refractivity contribution in [1.29, 1.82) is 5.26 Å². The summed E-state index contributed by atoms with van der Waals surface area (Å²) < 4.78 is 22.6. The highest BCUT2D eigenvalue weighted by Gasteiger charge is 2.18. The van der Waals surface area contributed by atoms with Crippen LogP contribution in [0.3, 0.4) is 0 Å². The number of nitrogens with one attached hydrogen (secondary N) is 1. The van der Waals surface area contributed by atoms with E-state index in [0.29, 0.717) is 16.3 Å². The summed E-state index contributed by atoms with van der Waals surface area (Å²) in [4.78, 5) is 17.0. The molecule has 1 aromatic heterocycles. The van der Waals surface area contributed by atoms with Gasteiger partial charge in [-0.25, -0.2) is 18.5 Å². The Kier molecular flexibility index (Phi) is 7.57. The van der Waals surface area contributed by atoms with Crippen molar-refractivity contribution < 1.29 is 13.2 Å². The van der Waals surface area contributed by atoms with Crippen LogP contribution in [0.2, 0.25) is 0 Å². The van der Waals surface area contributed by atoms with E-state index < -0.39 is 15.3 Å². The van der Waals surface area contributed by atoms with Crippen LogP contribution >= 0.6 is 11.8 Å². The predicted molar refractivity (Wildman–Crippen MR) is 109 cm³/mol. The lowest BCUT2D eigenvalue weighted by Crippen LogP contribution is -2.22. The highest BCUT2D eigenvalue weighted by Crippen LogP contribution is 2.26. The topological polar surface area (TPSA) is 126 Å². The van der Waals surface area contributed by atoms with Gasteiger partial charge in [0.25, 0.3) is 0 Å². The highest BCUT2D eigenvalue weighted by atomic mass is 32.2. The first-order chi connectivity index (χ1) is 13.2. The third-order valence-electron chi connectivity index (χ3n) is 3.93. The lowest BCUT2D eigenvalue weighted by Gasteiger charge is -2.13. The van der Waals surface area contributed by atoms with Gasteiger partial charge >= 0.3 is 0 Å². The number of nitrogens with two attached hydrogens (primary N) is 1. The molecule has 1 amide bonds. The lowest BCUT2D eigenvalue weighted by molar-refractivity contribution is -0.115. The van der Waals surface area contributed by atoms with E-state index in [-0.39, 0.29) is 10.8 Å². The van der Waals surface area contributed by atoms with Crippen LogP contribution in [0.25, 0.3) is 0 Å². The number of benzene rings is 1. The van der Waals surface area contributed by atoms with E-state index in [9.17, 15) is 18.5 Å². The maximum absolute atomic E-state index is 12.5. The Morgan fingerprint density at radius 1 is 1.29 bits per heavy atom. The molecular formula is C19H22N4O3S2. The molecule has 28 heavy (non-hydrogen) atoms. The maximum atomic E-state index is 12.5. The Labute approximate surface area is 169 Å². The first kappa shape index (κ1) is 21.9. The molecule has 0 aliphatic heterocycles. The van der Waals surface area contributed by atoms with Crippen molar-refractivity contribution >= 4 is 33.4 Å². The molecule has 0 saturated heterocycles. The number of nitriles is 1. The van der Waals surface area contributed by atoms with E-state index in [2.05, 4.69) is 23.3 Å². The van der Waals surface area contributed by atoms with Gasteiger partial charge in [-0.3, -0.25) is 4.79 Å². The molecule has 0 saturated carbocycles. The van der Waals surface area contributed by atoms with E-state index in [1.54, 1.807) is 13.0 Å². The van der Waals surface area contributed by atoms with Crippen molar-refractivity contribution in [2.75, 3.05) is 5.32 Å². The molecule has 148 valence electrons. The van der Waals surface area contributed by atoms with Gasteiger partial charge in [0, 0.05) is 11.4 Å². The number of carbonyl (C=O) groups excluding carboxylic acids is 1. The number of unbranched alkanes of at least 4 members (excludes halogenated alkanes) is 1. The summed E-state index contributed by atoms with van der Waals surface area (Å²) in [5.41, 5.74) is 1.78. The van der Waals surface area contributed by atoms with E-state index in [4.69, 9.17) is 5.14 Å². The molecule has 0 radical (unpaired) electrons. The van der Waals surface area contributed by atoms with Crippen molar-refractivity contribution in [1.82, 2.24) is 4.98 Å². The number of rotatable bonds is 8. The van der Waals surface area contributed by atoms with Crippen LogP contribution in [0, 0.1) is 11.3 Å². The van der Waals surface area contributed by atoms with Crippen LogP contribution in [0.15, 0.2) is 46.3 Å². The zero-order valence-corrected chi connectivity index (χ0v) is 17.3. The number of amides is 1. The smallest absolute Gasteiger partial charge is 0.238 e. The third kappa shape index (κ3) is 6.05. The Morgan fingerprint density at radius 3 is 2.54 bits per heavy atom. The number of nitrogens with zero attached hydrogens (tertiary/aromatic N) is 2. The predicted octanol–water partition coefficient (Wildman–Crippen LogP) is 3.06. The summed E-state index contributed by atoms with van der Waals surface area (Å²) in [5, 5.41) is 17.1. The first-order valence-corrected chi connectivity index (χ1v) is 11.2. The van der Waals surface area contributed by atoms with Crippen molar-refractivity contribution in [2.45, 2.75) is 48.3 Å². The van der Waals surface area contributed by atoms with Crippen LogP contribution in [0.1, 0.15) is 37.9 Å². The van der Waals surface area contributed by atoms with Gasteiger partial charge in [-0.15, -0.1) is 0 Å². The standard InChI is InChI=1S/C19H22N4O3S2/c1-3-4-5-15-7-6-14(12-20)19(23-15)27-13(2)18(24)22-16-8-10-17(11-9-16)28(21,25)26/h6-11,13H,3-5H2,1-2H3,(H,22,24)(H2,21,25,26). The molecule has 0 spiro atoms. The number of anilines is 1. The van der Waals surface area contributed by atoms with Gasteiger partial charge < -0.3 is 5.32 Å². The molecule has 0 fully saturated rings. The highest BCUT2D eigenvalue weighted by molar-refractivity contribution is 8.00. The van der Waals surface area contributed by atoms with Crippen LogP contribution in [-0.2, 0) is 21.2 Å². The Balaban J connectivity index is 2.08. The van der Waals surface area contributed by atoms with Gasteiger partial charge in [-0.2, -0.15) is 5.26 Å². The molecule has 2 rings (SSSR count). The van der Waals surface area contributed by atoms with Crippen LogP contribution in [0.5, 0.6) is 0 Å². The molecule has 3 N–H and O–H groups in total. The molecule has 1 atom stereocenters. The second-order valence-corrected chi connectivity index (χ2v) is 9.08. The Morgan fingerprint density at radius 2 is 1.96 bits per heavy atom. The zero-order valence-electron chi connectivity index (χ0n) is 15.7. The second-order valence-electron chi connectivity index (χ2n) is 6.19. The monoisotopic (exact) mass is 418 g/mol. The van der Waals surface area contributed by atoms with Crippen molar-refractivity contribution in [3.05, 3.63) is 47.7 Å². The summed E-state index contributed by atoms with van der Waals surface area (Å²) in [5.74, 6) is -0.280. The molecular weight excluding hydrogens is 396 g/mol. The third-order valence-corrected chi connectivity index (χ3v) is 5.96. The molecule has 1 aromatic carbocycles. The number of hydrogen-bond donors (Lipinski definition) is 2. The minimum atomic E-state index is -3.78. The molecule has 2 aromatic rings. The van der Waals surface area contributed by atoms with Crippen molar-refractivity contribution in [3.8, 4) is 6.07 Å². The Hall–Kier alpha value is -2.41. The number of thioether (sulfide) groups is 1. The van der Waals surface area contributed by atoms with Gasteiger partial charge in [0.2, 0.25) is 15.9 Å². The van der Waals surface area contributed by atoms with Crippen molar-refractivity contribution in [3.63, 3.8) is 0 Å². The minimum Gasteiger partial charge on any atom is -0.325 e. The average molecular weight is 419 g/mol. The normalized spacial score (nSPS) is 12.2. The summed E-state index contributed by atoms with van der Waals surface area (Å²) in [7, 11) is -3.78. The number of hydrogen-bond acceptors (Lipinski definition) is 6. The molecule has 1 heterocycles. The number of aryl methyl sites for hydroxylation is 1. The summed E-state index contributed by atoms with van der Waals surface area (Å²) in [6.45, 7) is 3.82. The zero-order chi connectivity index (χ0) is 20.7. The molecule has 0 aliphatic rings. The number of pyridine rings is 1. The summed E-state index contributed by atoms with van der Waals surface area (Å²) in [6, 6.07) is 11.3. The first-order valence-electron chi connectivity index (χ1n) is 8.75. The van der Waals surface area contributed by atoms with E-state index >= 15 is 0 Å². The van der Waals surface area contributed by atoms with E-state index in [0.717, 1.165) is 25.0 Å². The molecule has 7 nitrogen and oxygen atoms in total. The minimum absolute atomic E-state index is 0.0281. The number of sulfonamides is 1. The van der Waals surface area contributed by atoms with Crippen LogP contribution in [0.4, 0.5) is 5.69 Å².